The van der Waals surface area contributed by atoms with Crippen molar-refractivity contribution in [3.05, 3.63) is 36.4 Å². The van der Waals surface area contributed by atoms with Gasteiger partial charge in [0.15, 0.2) is 0 Å². The Morgan fingerprint density at radius 1 is 1.25 bits per heavy atom. The first-order valence-electron chi connectivity index (χ1n) is 10.4. The molecule has 6 nitrogen and oxygen atoms in total. The molecule has 0 unspecified atom stereocenters. The summed E-state index contributed by atoms with van der Waals surface area (Å²) in [5.74, 6) is 0.603. The largest absolute Gasteiger partial charge is 0.383 e. The van der Waals surface area contributed by atoms with Gasteiger partial charge in [0.05, 0.1) is 12.8 Å². The molecule has 3 aromatic heterocycles. The van der Waals surface area contributed by atoms with Gasteiger partial charge in [0.25, 0.3) is 0 Å². The fourth-order valence-corrected chi connectivity index (χ4v) is 4.62. The van der Waals surface area contributed by atoms with Gasteiger partial charge in [-0.15, -0.1) is 0 Å². The molecule has 0 bridgehead atoms. The zero-order valence-electron chi connectivity index (χ0n) is 17.2. The van der Waals surface area contributed by atoms with Gasteiger partial charge < -0.3 is 9.72 Å². The molecule has 28 heavy (non-hydrogen) atoms. The predicted octanol–water partition coefficient (Wildman–Crippen LogP) is 3.96. The van der Waals surface area contributed by atoms with Crippen LogP contribution in [-0.4, -0.2) is 57.5 Å². The minimum atomic E-state index is 0.603. The number of rotatable bonds is 7. The molecule has 0 spiro atoms. The molecule has 0 radical (unpaired) electrons. The first-order chi connectivity index (χ1) is 13.7. The number of likely N-dealkylation sites (N-methyl/N-ethyl adjacent to an activating group) is 1. The Hall–Kier alpha value is -2.18. The van der Waals surface area contributed by atoms with Crippen molar-refractivity contribution in [2.45, 2.75) is 44.6 Å². The van der Waals surface area contributed by atoms with E-state index in [1.807, 2.05) is 24.1 Å². The lowest BCUT2D eigenvalue weighted by atomic mass is 9.81. The van der Waals surface area contributed by atoms with Gasteiger partial charge in [-0.1, -0.05) is 6.92 Å². The van der Waals surface area contributed by atoms with E-state index in [9.17, 15) is 0 Å². The van der Waals surface area contributed by atoms with E-state index in [-0.39, 0.29) is 0 Å². The maximum atomic E-state index is 5.28. The van der Waals surface area contributed by atoms with E-state index < -0.39 is 0 Å². The number of methoxy groups -OCH3 is 1. The molecule has 3 heterocycles. The van der Waals surface area contributed by atoms with Crippen molar-refractivity contribution in [2.75, 3.05) is 26.8 Å². The number of ether oxygens (including phenoxy) is 1. The lowest BCUT2D eigenvalue weighted by Crippen LogP contribution is -2.39. The van der Waals surface area contributed by atoms with Crippen LogP contribution in [0.2, 0.25) is 0 Å². The Kier molecular flexibility index (Phi) is 5.78. The SMILES string of the molecule is CCN(CCOC)C1CCC(c2cnc3[nH]cc(-c4cnn(C)c4)c3c2)CC1. The summed E-state index contributed by atoms with van der Waals surface area (Å²) in [4.78, 5) is 10.6. The second-order valence-electron chi connectivity index (χ2n) is 7.90. The number of H-pyrrole nitrogens is 1. The molecule has 1 saturated carbocycles. The average Bonchev–Trinajstić information content (AvgIpc) is 3.34. The third kappa shape index (κ3) is 3.84. The summed E-state index contributed by atoms with van der Waals surface area (Å²) in [6, 6.07) is 3.03. The van der Waals surface area contributed by atoms with Crippen molar-refractivity contribution >= 4 is 11.0 Å². The summed E-state index contributed by atoms with van der Waals surface area (Å²) in [7, 11) is 3.74. The zero-order chi connectivity index (χ0) is 19.5. The van der Waals surface area contributed by atoms with Crippen molar-refractivity contribution < 1.29 is 4.74 Å². The van der Waals surface area contributed by atoms with Gasteiger partial charge in [-0.25, -0.2) is 4.98 Å². The van der Waals surface area contributed by atoms with E-state index in [0.29, 0.717) is 12.0 Å². The molecule has 0 atom stereocenters. The van der Waals surface area contributed by atoms with Gasteiger partial charge in [0.2, 0.25) is 0 Å². The Bertz CT molecular complexity index is 907. The summed E-state index contributed by atoms with van der Waals surface area (Å²) < 4.78 is 7.12. The van der Waals surface area contributed by atoms with Crippen LogP contribution in [-0.2, 0) is 11.8 Å². The summed E-state index contributed by atoms with van der Waals surface area (Å²) in [6.45, 7) is 5.21. The minimum Gasteiger partial charge on any atom is -0.383 e. The quantitative estimate of drug-likeness (QED) is 0.673. The van der Waals surface area contributed by atoms with Crippen molar-refractivity contribution in [1.29, 1.82) is 0 Å². The molecule has 3 aromatic rings. The Morgan fingerprint density at radius 2 is 2.07 bits per heavy atom. The molecule has 0 aromatic carbocycles. The first kappa shape index (κ1) is 19.2. The van der Waals surface area contributed by atoms with Gasteiger partial charge in [0, 0.05) is 61.8 Å². The Labute approximate surface area is 166 Å². The summed E-state index contributed by atoms with van der Waals surface area (Å²) in [6.07, 6.45) is 13.1. The average molecular weight is 382 g/mol. The van der Waals surface area contributed by atoms with Gasteiger partial charge in [-0.2, -0.15) is 5.10 Å². The maximum absolute atomic E-state index is 5.28. The highest BCUT2D eigenvalue weighted by molar-refractivity contribution is 5.93. The zero-order valence-corrected chi connectivity index (χ0v) is 17.2. The number of pyridine rings is 1. The third-order valence-electron chi connectivity index (χ3n) is 6.24. The molecule has 0 amide bonds. The number of nitrogens with one attached hydrogen (secondary N) is 1. The number of hydrogen-bond acceptors (Lipinski definition) is 4. The highest BCUT2D eigenvalue weighted by Crippen LogP contribution is 2.37. The third-order valence-corrected chi connectivity index (χ3v) is 6.24. The number of aryl methyl sites for hydroxylation is 1. The van der Waals surface area contributed by atoms with Crippen LogP contribution in [0.1, 0.15) is 44.1 Å². The van der Waals surface area contributed by atoms with Crippen molar-refractivity contribution in [3.63, 3.8) is 0 Å². The Balaban J connectivity index is 1.49. The van der Waals surface area contributed by atoms with Crippen LogP contribution in [0.5, 0.6) is 0 Å². The molecule has 0 saturated heterocycles. The van der Waals surface area contributed by atoms with Gasteiger partial charge in [-0.05, 0) is 49.8 Å². The number of nitrogens with zero attached hydrogens (tertiary/aromatic N) is 4. The first-order valence-corrected chi connectivity index (χ1v) is 10.4. The highest BCUT2D eigenvalue weighted by atomic mass is 16.5. The van der Waals surface area contributed by atoms with Crippen LogP contribution in [0.3, 0.4) is 0 Å². The molecule has 0 aliphatic heterocycles. The predicted molar refractivity (Wildman–Crippen MR) is 112 cm³/mol. The number of aromatic amines is 1. The molecular weight excluding hydrogens is 350 g/mol. The Morgan fingerprint density at radius 3 is 2.75 bits per heavy atom. The maximum Gasteiger partial charge on any atom is 0.137 e. The van der Waals surface area contributed by atoms with E-state index in [0.717, 1.165) is 30.9 Å². The van der Waals surface area contributed by atoms with Crippen LogP contribution < -0.4 is 0 Å². The van der Waals surface area contributed by atoms with Crippen molar-refractivity contribution in [3.8, 4) is 11.1 Å². The van der Waals surface area contributed by atoms with Crippen LogP contribution >= 0.6 is 0 Å². The van der Waals surface area contributed by atoms with Gasteiger partial charge in [-0.3, -0.25) is 9.58 Å². The molecule has 1 aliphatic rings. The second-order valence-corrected chi connectivity index (χ2v) is 7.90. The van der Waals surface area contributed by atoms with Crippen molar-refractivity contribution in [1.82, 2.24) is 24.6 Å². The summed E-state index contributed by atoms with van der Waals surface area (Å²) >= 11 is 0. The number of aromatic nitrogens is 4. The van der Waals surface area contributed by atoms with E-state index in [4.69, 9.17) is 9.72 Å². The number of hydrogen-bond donors (Lipinski definition) is 1. The standard InChI is InChI=1S/C22H31N5O/c1-4-27(9-10-28-3)19-7-5-16(6-8-19)17-11-20-21(14-24-22(20)23-12-17)18-13-25-26(2)15-18/h11-16,19H,4-10H2,1-3H3,(H,23,24). The van der Waals surface area contributed by atoms with Crippen LogP contribution in [0.4, 0.5) is 0 Å². The van der Waals surface area contributed by atoms with Crippen LogP contribution in [0, 0.1) is 0 Å². The van der Waals surface area contributed by atoms with Crippen molar-refractivity contribution in [2.24, 2.45) is 7.05 Å². The highest BCUT2D eigenvalue weighted by Gasteiger charge is 2.26. The summed E-state index contributed by atoms with van der Waals surface area (Å²) in [5, 5.41) is 5.51. The van der Waals surface area contributed by atoms with E-state index in [1.165, 1.54) is 42.2 Å². The minimum absolute atomic E-state index is 0.603. The molecule has 1 N–H and O–H groups in total. The number of fused-ring (bicyclic) bond motifs is 1. The molecular formula is C22H31N5O. The molecule has 150 valence electrons. The summed E-state index contributed by atoms with van der Waals surface area (Å²) in [5.41, 5.74) is 4.64. The molecule has 4 rings (SSSR count). The lowest BCUT2D eigenvalue weighted by molar-refractivity contribution is 0.103. The van der Waals surface area contributed by atoms with E-state index in [1.54, 1.807) is 7.11 Å². The second kappa shape index (κ2) is 8.45. The normalized spacial score (nSPS) is 20.3. The fourth-order valence-electron chi connectivity index (χ4n) is 4.62. The fraction of sp³-hybridized carbons (Fsp3) is 0.545. The molecule has 1 fully saturated rings. The van der Waals surface area contributed by atoms with Crippen LogP contribution in [0.25, 0.3) is 22.2 Å². The van der Waals surface area contributed by atoms with Crippen LogP contribution in [0.15, 0.2) is 30.9 Å². The smallest absolute Gasteiger partial charge is 0.137 e. The molecule has 6 heteroatoms. The van der Waals surface area contributed by atoms with Gasteiger partial charge >= 0.3 is 0 Å². The topological polar surface area (TPSA) is 59.0 Å². The lowest BCUT2D eigenvalue weighted by Gasteiger charge is -2.36. The van der Waals surface area contributed by atoms with E-state index >= 15 is 0 Å². The van der Waals surface area contributed by atoms with E-state index in [2.05, 4.69) is 40.4 Å². The monoisotopic (exact) mass is 381 g/mol. The molecule has 1 aliphatic carbocycles. The van der Waals surface area contributed by atoms with Gasteiger partial charge in [0.1, 0.15) is 5.65 Å².